The Hall–Kier alpha value is -1.07. The van der Waals surface area contributed by atoms with Crippen molar-refractivity contribution in [2.24, 2.45) is 0 Å². The topological polar surface area (TPSA) is 73.6 Å². The SMILES string of the molecule is [B]C(O)(O)c1nccc(C)c1O. The van der Waals surface area contributed by atoms with E-state index in [-0.39, 0.29) is 11.4 Å². The number of rotatable bonds is 1. The Morgan fingerprint density at radius 1 is 1.50 bits per heavy atom. The van der Waals surface area contributed by atoms with Gasteiger partial charge < -0.3 is 15.3 Å². The van der Waals surface area contributed by atoms with Crippen molar-refractivity contribution in [3.8, 4) is 5.75 Å². The van der Waals surface area contributed by atoms with Gasteiger partial charge in [-0.2, -0.15) is 0 Å². The van der Waals surface area contributed by atoms with Crippen LogP contribution in [0.2, 0.25) is 0 Å². The summed E-state index contributed by atoms with van der Waals surface area (Å²) in [6.45, 7) is 1.60. The molecule has 0 aliphatic carbocycles. The van der Waals surface area contributed by atoms with Gasteiger partial charge in [0.15, 0.2) is 13.5 Å². The van der Waals surface area contributed by atoms with Crippen molar-refractivity contribution in [3.05, 3.63) is 23.5 Å². The summed E-state index contributed by atoms with van der Waals surface area (Å²) in [7, 11) is 4.92. The Morgan fingerprint density at radius 2 is 2.08 bits per heavy atom. The normalized spacial score (nSPS) is 11.6. The molecule has 0 atom stereocenters. The molecular formula is C7H8BNO3. The zero-order chi connectivity index (χ0) is 9.35. The first-order chi connectivity index (χ1) is 5.43. The maximum absolute atomic E-state index is 9.27. The highest BCUT2D eigenvalue weighted by atomic mass is 16.5. The van der Waals surface area contributed by atoms with Gasteiger partial charge in [0.25, 0.3) is 0 Å². The summed E-state index contributed by atoms with van der Waals surface area (Å²) in [6.07, 6.45) is 1.33. The lowest BCUT2D eigenvalue weighted by Crippen LogP contribution is -2.26. The van der Waals surface area contributed by atoms with Gasteiger partial charge in [0, 0.05) is 6.20 Å². The molecule has 0 aliphatic heterocycles. The van der Waals surface area contributed by atoms with Gasteiger partial charge in [0.1, 0.15) is 11.4 Å². The first kappa shape index (κ1) is 9.03. The number of hydrogen-bond donors (Lipinski definition) is 3. The van der Waals surface area contributed by atoms with Crippen LogP contribution in [0.5, 0.6) is 5.75 Å². The van der Waals surface area contributed by atoms with E-state index in [9.17, 15) is 5.11 Å². The molecule has 0 aromatic carbocycles. The van der Waals surface area contributed by atoms with Crippen LogP contribution in [-0.2, 0) is 5.69 Å². The summed E-state index contributed by atoms with van der Waals surface area (Å²) in [6, 6.07) is 1.53. The Balaban J connectivity index is 3.26. The van der Waals surface area contributed by atoms with E-state index in [1.807, 2.05) is 0 Å². The molecular weight excluding hydrogens is 157 g/mol. The molecule has 1 rings (SSSR count). The molecule has 0 bridgehead atoms. The zero-order valence-corrected chi connectivity index (χ0v) is 6.52. The number of aromatic nitrogens is 1. The van der Waals surface area contributed by atoms with Gasteiger partial charge >= 0.3 is 0 Å². The third-order valence-corrected chi connectivity index (χ3v) is 1.47. The van der Waals surface area contributed by atoms with Crippen molar-refractivity contribution >= 4 is 7.85 Å². The summed E-state index contributed by atoms with van der Waals surface area (Å²) < 4.78 is 0. The van der Waals surface area contributed by atoms with Crippen molar-refractivity contribution in [1.82, 2.24) is 4.98 Å². The summed E-state index contributed by atoms with van der Waals surface area (Å²) in [4.78, 5) is 3.54. The summed E-state index contributed by atoms with van der Waals surface area (Å²) in [5.41, 5.74) is -2.45. The summed E-state index contributed by atoms with van der Waals surface area (Å²) >= 11 is 0. The van der Waals surface area contributed by atoms with Gasteiger partial charge in [0.2, 0.25) is 0 Å². The largest absolute Gasteiger partial charge is 0.506 e. The van der Waals surface area contributed by atoms with Crippen LogP contribution in [0.25, 0.3) is 0 Å². The lowest BCUT2D eigenvalue weighted by atomic mass is 9.90. The number of nitrogens with zero attached hydrogens (tertiary/aromatic N) is 1. The lowest BCUT2D eigenvalue weighted by molar-refractivity contribution is -0.0957. The van der Waals surface area contributed by atoms with Gasteiger partial charge in [-0.05, 0) is 18.6 Å². The van der Waals surface area contributed by atoms with Gasteiger partial charge in [-0.25, -0.2) is 0 Å². The first-order valence-corrected chi connectivity index (χ1v) is 3.31. The highest BCUT2D eigenvalue weighted by Gasteiger charge is 2.24. The highest BCUT2D eigenvalue weighted by molar-refractivity contribution is 6.13. The minimum Gasteiger partial charge on any atom is -0.506 e. The fourth-order valence-corrected chi connectivity index (χ4v) is 0.820. The smallest absolute Gasteiger partial charge is 0.163 e. The maximum Gasteiger partial charge on any atom is 0.163 e. The van der Waals surface area contributed by atoms with E-state index >= 15 is 0 Å². The molecule has 4 nitrogen and oxygen atoms in total. The van der Waals surface area contributed by atoms with Crippen LogP contribution in [0.3, 0.4) is 0 Å². The van der Waals surface area contributed by atoms with E-state index in [0.29, 0.717) is 5.56 Å². The average Bonchev–Trinajstić information content (AvgIpc) is 1.92. The molecule has 5 heteroatoms. The number of aliphatic hydroxyl groups is 2. The minimum atomic E-state index is -2.59. The van der Waals surface area contributed by atoms with Crippen LogP contribution in [0.15, 0.2) is 12.3 Å². The Bertz CT molecular complexity index is 295. The number of aromatic hydroxyl groups is 1. The molecule has 0 saturated heterocycles. The predicted molar refractivity (Wildman–Crippen MR) is 42.5 cm³/mol. The Morgan fingerprint density at radius 3 is 2.50 bits per heavy atom. The first-order valence-electron chi connectivity index (χ1n) is 3.31. The van der Waals surface area contributed by atoms with Crippen LogP contribution in [-0.4, -0.2) is 28.1 Å². The minimum absolute atomic E-state index is 0.301. The fraction of sp³-hybridized carbons (Fsp3) is 0.286. The maximum atomic E-state index is 9.27. The Kier molecular flexibility index (Phi) is 2.08. The monoisotopic (exact) mass is 165 g/mol. The third kappa shape index (κ3) is 1.57. The van der Waals surface area contributed by atoms with Crippen LogP contribution in [0.4, 0.5) is 0 Å². The van der Waals surface area contributed by atoms with Crippen LogP contribution in [0.1, 0.15) is 11.3 Å². The van der Waals surface area contributed by atoms with Gasteiger partial charge in [-0.1, -0.05) is 0 Å². The molecule has 12 heavy (non-hydrogen) atoms. The molecule has 0 amide bonds. The standard InChI is InChI=1S/C7H8BNO3/c1-4-2-3-9-6(5(4)10)7(8,11)12/h2-3,10-12H,1H3. The predicted octanol–water partition coefficient (Wildman–Crippen LogP) is -0.641. The molecule has 0 unspecified atom stereocenters. The molecule has 1 aromatic rings. The second-order valence-electron chi connectivity index (χ2n) is 2.55. The average molecular weight is 165 g/mol. The highest BCUT2D eigenvalue weighted by Crippen LogP contribution is 2.25. The summed E-state index contributed by atoms with van der Waals surface area (Å²) in [5.74, 6) is -0.301. The number of hydrogen-bond acceptors (Lipinski definition) is 4. The van der Waals surface area contributed by atoms with Crippen molar-refractivity contribution in [3.63, 3.8) is 0 Å². The molecule has 3 N–H and O–H groups in total. The van der Waals surface area contributed by atoms with Gasteiger partial charge in [-0.3, -0.25) is 4.98 Å². The molecule has 62 valence electrons. The van der Waals surface area contributed by atoms with E-state index in [1.54, 1.807) is 6.92 Å². The fourth-order valence-electron chi connectivity index (χ4n) is 0.820. The second-order valence-corrected chi connectivity index (χ2v) is 2.55. The van der Waals surface area contributed by atoms with Gasteiger partial charge in [0.05, 0.1) is 0 Å². The molecule has 0 aliphatic rings. The van der Waals surface area contributed by atoms with Crippen LogP contribution < -0.4 is 0 Å². The van der Waals surface area contributed by atoms with E-state index in [1.165, 1.54) is 12.3 Å². The third-order valence-electron chi connectivity index (χ3n) is 1.47. The van der Waals surface area contributed by atoms with Crippen molar-refractivity contribution < 1.29 is 15.3 Å². The summed E-state index contributed by atoms with van der Waals surface area (Å²) in [5, 5.41) is 27.1. The quantitative estimate of drug-likeness (QED) is 0.382. The van der Waals surface area contributed by atoms with E-state index < -0.39 is 5.69 Å². The van der Waals surface area contributed by atoms with Crippen LogP contribution in [0, 0.1) is 6.92 Å². The van der Waals surface area contributed by atoms with Crippen molar-refractivity contribution in [2.75, 3.05) is 0 Å². The lowest BCUT2D eigenvalue weighted by Gasteiger charge is -2.17. The van der Waals surface area contributed by atoms with E-state index in [0.717, 1.165) is 0 Å². The molecule has 1 aromatic heterocycles. The molecule has 0 saturated carbocycles. The molecule has 0 spiro atoms. The van der Waals surface area contributed by atoms with E-state index in [4.69, 9.17) is 18.1 Å². The Labute approximate surface area is 70.9 Å². The molecule has 2 radical (unpaired) electrons. The zero-order valence-electron chi connectivity index (χ0n) is 6.52. The van der Waals surface area contributed by atoms with Crippen LogP contribution >= 0.6 is 0 Å². The van der Waals surface area contributed by atoms with Gasteiger partial charge in [-0.15, -0.1) is 0 Å². The van der Waals surface area contributed by atoms with Crippen molar-refractivity contribution in [1.29, 1.82) is 0 Å². The number of pyridine rings is 1. The molecule has 1 heterocycles. The van der Waals surface area contributed by atoms with E-state index in [2.05, 4.69) is 4.98 Å². The number of aryl methyl sites for hydroxylation is 1. The molecule has 0 fully saturated rings. The van der Waals surface area contributed by atoms with Crippen molar-refractivity contribution in [2.45, 2.75) is 12.6 Å². The second kappa shape index (κ2) is 2.77.